The van der Waals surface area contributed by atoms with Gasteiger partial charge in [0.1, 0.15) is 5.75 Å². The molecule has 84 valence electrons. The van der Waals surface area contributed by atoms with E-state index in [2.05, 4.69) is 0 Å². The molecule has 0 aromatic heterocycles. The molecular formula is C9H7Cl2F3O. The topological polar surface area (TPSA) is 9.23 Å². The van der Waals surface area contributed by atoms with E-state index in [1.165, 1.54) is 0 Å². The van der Waals surface area contributed by atoms with Crippen LogP contribution in [0.1, 0.15) is 12.5 Å². The molecule has 0 aliphatic heterocycles. The van der Waals surface area contributed by atoms with E-state index in [0.717, 1.165) is 12.1 Å². The van der Waals surface area contributed by atoms with Gasteiger partial charge in [-0.15, -0.1) is 0 Å². The first-order valence-corrected chi connectivity index (χ1v) is 4.81. The van der Waals surface area contributed by atoms with E-state index in [-0.39, 0.29) is 17.4 Å². The maximum Gasteiger partial charge on any atom is 0.417 e. The molecule has 0 N–H and O–H groups in total. The molecule has 0 unspecified atom stereocenters. The summed E-state index contributed by atoms with van der Waals surface area (Å²) >= 11 is 11.1. The maximum atomic E-state index is 12.4. The molecule has 0 saturated heterocycles. The molecule has 0 spiro atoms. The molecule has 0 bridgehead atoms. The Morgan fingerprint density at radius 2 is 1.80 bits per heavy atom. The molecule has 1 rings (SSSR count). The summed E-state index contributed by atoms with van der Waals surface area (Å²) in [6.07, 6.45) is -4.51. The van der Waals surface area contributed by atoms with Crippen molar-refractivity contribution in [1.82, 2.24) is 0 Å². The summed E-state index contributed by atoms with van der Waals surface area (Å²) in [6, 6.07) is 1.82. The highest BCUT2D eigenvalue weighted by molar-refractivity contribution is 6.36. The summed E-state index contributed by atoms with van der Waals surface area (Å²) in [5.41, 5.74) is -0.947. The van der Waals surface area contributed by atoms with E-state index >= 15 is 0 Å². The Balaban J connectivity index is 3.23. The maximum absolute atomic E-state index is 12.4. The zero-order valence-corrected chi connectivity index (χ0v) is 9.17. The third kappa shape index (κ3) is 2.92. The lowest BCUT2D eigenvalue weighted by Gasteiger charge is -2.12. The second-order valence-electron chi connectivity index (χ2n) is 2.69. The van der Waals surface area contributed by atoms with Crippen molar-refractivity contribution in [3.8, 4) is 5.75 Å². The van der Waals surface area contributed by atoms with E-state index in [1.54, 1.807) is 6.92 Å². The Bertz CT molecular complexity index is 363. The minimum absolute atomic E-state index is 0.0177. The molecule has 1 aromatic rings. The van der Waals surface area contributed by atoms with E-state index in [0.29, 0.717) is 0 Å². The summed E-state index contributed by atoms with van der Waals surface area (Å²) in [7, 11) is 0. The molecule has 1 aromatic carbocycles. The molecule has 0 atom stereocenters. The van der Waals surface area contributed by atoms with Crippen LogP contribution in [0.4, 0.5) is 13.2 Å². The Labute approximate surface area is 94.7 Å². The van der Waals surface area contributed by atoms with E-state index in [4.69, 9.17) is 27.9 Å². The zero-order valence-electron chi connectivity index (χ0n) is 7.66. The van der Waals surface area contributed by atoms with Crippen molar-refractivity contribution in [2.24, 2.45) is 0 Å². The predicted molar refractivity (Wildman–Crippen MR) is 52.6 cm³/mol. The number of rotatable bonds is 2. The lowest BCUT2D eigenvalue weighted by Crippen LogP contribution is -2.06. The first-order valence-electron chi connectivity index (χ1n) is 4.05. The molecule has 0 heterocycles. The van der Waals surface area contributed by atoms with Gasteiger partial charge in [0.25, 0.3) is 0 Å². The number of halogens is 5. The molecule has 0 saturated carbocycles. The normalized spacial score (nSPS) is 11.6. The van der Waals surface area contributed by atoms with Gasteiger partial charge in [-0.1, -0.05) is 23.2 Å². The van der Waals surface area contributed by atoms with Crippen molar-refractivity contribution >= 4 is 23.2 Å². The van der Waals surface area contributed by atoms with Crippen LogP contribution in [-0.2, 0) is 6.18 Å². The predicted octanol–water partition coefficient (Wildman–Crippen LogP) is 4.41. The van der Waals surface area contributed by atoms with Gasteiger partial charge >= 0.3 is 6.18 Å². The number of hydrogen-bond acceptors (Lipinski definition) is 1. The lowest BCUT2D eigenvalue weighted by molar-refractivity contribution is -0.137. The van der Waals surface area contributed by atoms with Crippen molar-refractivity contribution in [3.63, 3.8) is 0 Å². The molecular weight excluding hydrogens is 252 g/mol. The summed E-state index contributed by atoms with van der Waals surface area (Å²) in [5.74, 6) is -0.0177. The molecule has 0 aliphatic carbocycles. The second-order valence-corrected chi connectivity index (χ2v) is 3.51. The van der Waals surface area contributed by atoms with Crippen molar-refractivity contribution < 1.29 is 17.9 Å². The van der Waals surface area contributed by atoms with Gasteiger partial charge in [-0.3, -0.25) is 0 Å². The van der Waals surface area contributed by atoms with Gasteiger partial charge in [-0.25, -0.2) is 0 Å². The standard InChI is InChI=1S/C9H7Cl2F3O/c1-2-15-8-3-5(9(12,13)14)6(10)4-7(8)11/h3-4H,2H2,1H3. The highest BCUT2D eigenvalue weighted by Crippen LogP contribution is 2.40. The van der Waals surface area contributed by atoms with Gasteiger partial charge in [-0.2, -0.15) is 13.2 Å². The Kier molecular flexibility index (Phi) is 3.73. The average Bonchev–Trinajstić information content (AvgIpc) is 2.07. The van der Waals surface area contributed by atoms with Crippen LogP contribution >= 0.6 is 23.2 Å². The minimum Gasteiger partial charge on any atom is -0.492 e. The first kappa shape index (κ1) is 12.5. The fourth-order valence-corrected chi connectivity index (χ4v) is 1.56. The van der Waals surface area contributed by atoms with Crippen molar-refractivity contribution in [3.05, 3.63) is 27.7 Å². The zero-order chi connectivity index (χ0) is 11.6. The monoisotopic (exact) mass is 258 g/mol. The van der Waals surface area contributed by atoms with Crippen LogP contribution in [-0.4, -0.2) is 6.61 Å². The van der Waals surface area contributed by atoms with Gasteiger partial charge in [0.2, 0.25) is 0 Å². The van der Waals surface area contributed by atoms with E-state index < -0.39 is 16.8 Å². The third-order valence-electron chi connectivity index (χ3n) is 1.63. The Morgan fingerprint density at radius 3 is 2.27 bits per heavy atom. The fraction of sp³-hybridized carbons (Fsp3) is 0.333. The molecule has 0 radical (unpaired) electrons. The van der Waals surface area contributed by atoms with Crippen LogP contribution in [0.5, 0.6) is 5.75 Å². The van der Waals surface area contributed by atoms with Gasteiger partial charge in [0.15, 0.2) is 0 Å². The molecule has 6 heteroatoms. The average molecular weight is 259 g/mol. The summed E-state index contributed by atoms with van der Waals surface area (Å²) in [5, 5.41) is -0.370. The minimum atomic E-state index is -4.51. The van der Waals surface area contributed by atoms with Crippen LogP contribution in [0.15, 0.2) is 12.1 Å². The first-order chi connectivity index (χ1) is 6.86. The van der Waals surface area contributed by atoms with Gasteiger partial charge in [0, 0.05) is 0 Å². The van der Waals surface area contributed by atoms with E-state index in [9.17, 15) is 13.2 Å². The van der Waals surface area contributed by atoms with Crippen molar-refractivity contribution in [2.45, 2.75) is 13.1 Å². The van der Waals surface area contributed by atoms with Gasteiger partial charge < -0.3 is 4.74 Å². The SMILES string of the molecule is CCOc1cc(C(F)(F)F)c(Cl)cc1Cl. The highest BCUT2D eigenvalue weighted by atomic mass is 35.5. The number of alkyl halides is 3. The number of ether oxygens (including phenoxy) is 1. The smallest absolute Gasteiger partial charge is 0.417 e. The van der Waals surface area contributed by atoms with Gasteiger partial charge in [0.05, 0.1) is 22.2 Å². The molecule has 0 fully saturated rings. The van der Waals surface area contributed by atoms with Crippen molar-refractivity contribution in [1.29, 1.82) is 0 Å². The summed E-state index contributed by atoms with van der Waals surface area (Å²) in [6.45, 7) is 1.89. The Hall–Kier alpha value is -0.610. The Morgan fingerprint density at radius 1 is 1.20 bits per heavy atom. The largest absolute Gasteiger partial charge is 0.492 e. The molecule has 15 heavy (non-hydrogen) atoms. The lowest BCUT2D eigenvalue weighted by atomic mass is 10.2. The second kappa shape index (κ2) is 4.49. The third-order valence-corrected chi connectivity index (χ3v) is 2.23. The van der Waals surface area contributed by atoms with Crippen LogP contribution in [0.3, 0.4) is 0 Å². The molecule has 0 amide bonds. The summed E-state index contributed by atoms with van der Waals surface area (Å²) < 4.78 is 42.2. The van der Waals surface area contributed by atoms with Crippen LogP contribution in [0.25, 0.3) is 0 Å². The molecule has 0 aliphatic rings. The van der Waals surface area contributed by atoms with Gasteiger partial charge in [-0.05, 0) is 19.1 Å². The quantitative estimate of drug-likeness (QED) is 0.764. The highest BCUT2D eigenvalue weighted by Gasteiger charge is 2.34. The van der Waals surface area contributed by atoms with Crippen LogP contribution in [0, 0.1) is 0 Å². The summed E-state index contributed by atoms with van der Waals surface area (Å²) in [4.78, 5) is 0. The number of hydrogen-bond donors (Lipinski definition) is 0. The fourth-order valence-electron chi connectivity index (χ4n) is 1.01. The molecule has 1 nitrogen and oxygen atoms in total. The van der Waals surface area contributed by atoms with Crippen molar-refractivity contribution in [2.75, 3.05) is 6.61 Å². The number of benzene rings is 1. The van der Waals surface area contributed by atoms with Crippen LogP contribution in [0.2, 0.25) is 10.0 Å². The van der Waals surface area contributed by atoms with E-state index in [1.807, 2.05) is 0 Å². The van der Waals surface area contributed by atoms with Crippen LogP contribution < -0.4 is 4.74 Å².